The predicted molar refractivity (Wildman–Crippen MR) is 72.8 cm³/mol. The zero-order chi connectivity index (χ0) is 12.6. The number of aryl methyl sites for hydroxylation is 2. The van der Waals surface area contributed by atoms with Crippen LogP contribution in [0.3, 0.4) is 0 Å². The Morgan fingerprint density at radius 1 is 1.41 bits per heavy atom. The van der Waals surface area contributed by atoms with Crippen molar-refractivity contribution < 1.29 is 0 Å². The van der Waals surface area contributed by atoms with E-state index in [0.29, 0.717) is 17.2 Å². The van der Waals surface area contributed by atoms with Gasteiger partial charge in [0.15, 0.2) is 0 Å². The maximum absolute atomic E-state index is 6.38. The third-order valence-corrected chi connectivity index (χ3v) is 5.14. The van der Waals surface area contributed by atoms with E-state index in [0.717, 1.165) is 30.0 Å². The summed E-state index contributed by atoms with van der Waals surface area (Å²) in [6, 6.07) is 0. The molecule has 0 amide bonds. The molecule has 0 bridgehead atoms. The Morgan fingerprint density at radius 2 is 2.12 bits per heavy atom. The first-order valence-corrected chi connectivity index (χ1v) is 7.20. The minimum Gasteiger partial charge on any atom is -0.271 e. The van der Waals surface area contributed by atoms with Crippen molar-refractivity contribution in [1.82, 2.24) is 9.78 Å². The molecular formula is C13H20Cl2N2. The monoisotopic (exact) mass is 274 g/mol. The van der Waals surface area contributed by atoms with Crippen LogP contribution >= 0.6 is 23.2 Å². The smallest absolute Gasteiger partial charge is 0.0849 e. The average Bonchev–Trinajstić information content (AvgIpc) is 2.76. The first-order chi connectivity index (χ1) is 8.04. The molecule has 4 heteroatoms. The van der Waals surface area contributed by atoms with Crippen molar-refractivity contribution in [2.75, 3.05) is 0 Å². The van der Waals surface area contributed by atoms with Crippen LogP contribution in [0.1, 0.15) is 38.1 Å². The van der Waals surface area contributed by atoms with Crippen LogP contribution in [0.4, 0.5) is 0 Å². The van der Waals surface area contributed by atoms with Gasteiger partial charge in [-0.15, -0.1) is 11.6 Å². The molecule has 3 atom stereocenters. The Morgan fingerprint density at radius 3 is 2.59 bits per heavy atom. The molecule has 3 unspecified atom stereocenters. The molecule has 1 saturated carbocycles. The first-order valence-electron chi connectivity index (χ1n) is 6.38. The lowest BCUT2D eigenvalue weighted by atomic mass is 9.93. The zero-order valence-electron chi connectivity index (χ0n) is 10.7. The molecule has 0 aromatic carbocycles. The van der Waals surface area contributed by atoms with Crippen molar-refractivity contribution in [3.63, 3.8) is 0 Å². The normalized spacial score (nSPS) is 28.9. The van der Waals surface area contributed by atoms with Gasteiger partial charge in [-0.2, -0.15) is 5.10 Å². The molecule has 1 aromatic heterocycles. The van der Waals surface area contributed by atoms with Crippen LogP contribution in [0, 0.1) is 11.8 Å². The summed E-state index contributed by atoms with van der Waals surface area (Å²) in [5, 5.41) is 5.66. The van der Waals surface area contributed by atoms with E-state index in [1.807, 2.05) is 11.7 Å². The van der Waals surface area contributed by atoms with Gasteiger partial charge < -0.3 is 0 Å². The minimum absolute atomic E-state index is 0.331. The number of rotatable bonds is 3. The topological polar surface area (TPSA) is 17.8 Å². The largest absolute Gasteiger partial charge is 0.271 e. The maximum Gasteiger partial charge on any atom is 0.0849 e. The fourth-order valence-corrected chi connectivity index (χ4v) is 3.47. The minimum atomic E-state index is 0.331. The van der Waals surface area contributed by atoms with Gasteiger partial charge in [-0.05, 0) is 37.5 Å². The van der Waals surface area contributed by atoms with E-state index in [2.05, 4.69) is 18.9 Å². The molecule has 0 radical (unpaired) electrons. The molecule has 17 heavy (non-hydrogen) atoms. The number of aromatic nitrogens is 2. The van der Waals surface area contributed by atoms with E-state index >= 15 is 0 Å². The number of halogens is 2. The predicted octanol–water partition coefficient (Wildman–Crippen LogP) is 3.83. The lowest BCUT2D eigenvalue weighted by Crippen LogP contribution is -2.15. The van der Waals surface area contributed by atoms with Gasteiger partial charge in [-0.25, -0.2) is 0 Å². The maximum atomic E-state index is 6.38. The SMILES string of the molecule is CCc1nn(C)c(CC2CCC(Cl)C2C)c1Cl. The van der Waals surface area contributed by atoms with Gasteiger partial charge in [0.05, 0.1) is 16.4 Å². The van der Waals surface area contributed by atoms with E-state index in [-0.39, 0.29) is 0 Å². The quantitative estimate of drug-likeness (QED) is 0.766. The summed E-state index contributed by atoms with van der Waals surface area (Å²) in [6.45, 7) is 4.34. The Labute approximate surface area is 113 Å². The van der Waals surface area contributed by atoms with Crippen molar-refractivity contribution in [3.8, 4) is 0 Å². The highest BCUT2D eigenvalue weighted by Gasteiger charge is 2.32. The third-order valence-electron chi connectivity index (χ3n) is 4.09. The Kier molecular flexibility index (Phi) is 4.04. The lowest BCUT2D eigenvalue weighted by molar-refractivity contribution is 0.409. The van der Waals surface area contributed by atoms with Crippen molar-refractivity contribution in [2.45, 2.75) is 44.9 Å². The molecule has 96 valence electrons. The fourth-order valence-electron chi connectivity index (χ4n) is 2.77. The standard InChI is InChI=1S/C13H20Cl2N2/c1-4-11-13(15)12(17(3)16-11)7-9-5-6-10(14)8(9)2/h8-10H,4-7H2,1-3H3. The Bertz CT molecular complexity index is 400. The van der Waals surface area contributed by atoms with Crippen LogP contribution < -0.4 is 0 Å². The van der Waals surface area contributed by atoms with Crippen LogP contribution in [0.25, 0.3) is 0 Å². The van der Waals surface area contributed by atoms with Crippen molar-refractivity contribution in [3.05, 3.63) is 16.4 Å². The van der Waals surface area contributed by atoms with Gasteiger partial charge in [0, 0.05) is 12.4 Å². The average molecular weight is 275 g/mol. The molecule has 0 saturated heterocycles. The van der Waals surface area contributed by atoms with Gasteiger partial charge >= 0.3 is 0 Å². The van der Waals surface area contributed by atoms with Crippen molar-refractivity contribution in [1.29, 1.82) is 0 Å². The van der Waals surface area contributed by atoms with Gasteiger partial charge in [0.25, 0.3) is 0 Å². The molecular weight excluding hydrogens is 255 g/mol. The zero-order valence-corrected chi connectivity index (χ0v) is 12.2. The number of alkyl halides is 1. The van der Waals surface area contributed by atoms with E-state index < -0.39 is 0 Å². The summed E-state index contributed by atoms with van der Waals surface area (Å²) < 4.78 is 1.94. The summed E-state index contributed by atoms with van der Waals surface area (Å²) in [5.74, 6) is 1.22. The van der Waals surface area contributed by atoms with Gasteiger partial charge in [-0.3, -0.25) is 4.68 Å². The van der Waals surface area contributed by atoms with Crippen LogP contribution in [0.2, 0.25) is 5.02 Å². The molecule has 2 rings (SSSR count). The number of hydrogen-bond donors (Lipinski definition) is 0. The van der Waals surface area contributed by atoms with Crippen LogP contribution in [0.15, 0.2) is 0 Å². The molecule has 0 N–H and O–H groups in total. The van der Waals surface area contributed by atoms with Crippen molar-refractivity contribution >= 4 is 23.2 Å². The molecule has 0 aliphatic heterocycles. The molecule has 0 spiro atoms. The second kappa shape index (κ2) is 5.19. The second-order valence-electron chi connectivity index (χ2n) is 5.10. The summed E-state index contributed by atoms with van der Waals surface area (Å²) >= 11 is 12.7. The second-order valence-corrected chi connectivity index (χ2v) is 6.04. The molecule has 1 aliphatic rings. The highest BCUT2D eigenvalue weighted by atomic mass is 35.5. The lowest BCUT2D eigenvalue weighted by Gasteiger charge is -2.17. The molecule has 1 aliphatic carbocycles. The van der Waals surface area contributed by atoms with Gasteiger partial charge in [0.1, 0.15) is 0 Å². The van der Waals surface area contributed by atoms with Crippen LogP contribution in [0.5, 0.6) is 0 Å². The molecule has 1 fully saturated rings. The summed E-state index contributed by atoms with van der Waals surface area (Å²) in [7, 11) is 1.98. The van der Waals surface area contributed by atoms with E-state index in [9.17, 15) is 0 Å². The summed E-state index contributed by atoms with van der Waals surface area (Å²) in [6.07, 6.45) is 4.24. The van der Waals surface area contributed by atoms with Gasteiger partial charge in [-0.1, -0.05) is 25.4 Å². The highest BCUT2D eigenvalue weighted by molar-refractivity contribution is 6.31. The first kappa shape index (κ1) is 13.2. The number of hydrogen-bond acceptors (Lipinski definition) is 1. The van der Waals surface area contributed by atoms with E-state index in [1.165, 1.54) is 12.1 Å². The fraction of sp³-hybridized carbons (Fsp3) is 0.769. The Balaban J connectivity index is 2.16. The van der Waals surface area contributed by atoms with Crippen LogP contribution in [-0.2, 0) is 19.9 Å². The van der Waals surface area contributed by atoms with E-state index in [1.54, 1.807) is 0 Å². The summed E-state index contributed by atoms with van der Waals surface area (Å²) in [5.41, 5.74) is 2.18. The highest BCUT2D eigenvalue weighted by Crippen LogP contribution is 2.38. The molecule has 1 heterocycles. The Hall–Kier alpha value is -0.210. The summed E-state index contributed by atoms with van der Waals surface area (Å²) in [4.78, 5) is 0. The van der Waals surface area contributed by atoms with Gasteiger partial charge in [0.2, 0.25) is 0 Å². The van der Waals surface area contributed by atoms with Crippen LogP contribution in [-0.4, -0.2) is 15.2 Å². The molecule has 2 nitrogen and oxygen atoms in total. The van der Waals surface area contributed by atoms with Crippen molar-refractivity contribution in [2.24, 2.45) is 18.9 Å². The number of nitrogens with zero attached hydrogens (tertiary/aromatic N) is 2. The van der Waals surface area contributed by atoms with E-state index in [4.69, 9.17) is 23.2 Å². The third kappa shape index (κ3) is 2.48. The molecule has 1 aromatic rings.